The van der Waals surface area contributed by atoms with Crippen LogP contribution in [0.5, 0.6) is 0 Å². The molecule has 6 nitrogen and oxygen atoms in total. The van der Waals surface area contributed by atoms with Crippen molar-refractivity contribution in [3.8, 4) is 0 Å². The number of hydrazone groups is 1. The van der Waals surface area contributed by atoms with Gasteiger partial charge in [0.1, 0.15) is 12.1 Å². The first-order chi connectivity index (χ1) is 13.1. The van der Waals surface area contributed by atoms with Crippen LogP contribution >= 0.6 is 0 Å². The molecule has 1 aromatic carbocycles. The van der Waals surface area contributed by atoms with E-state index < -0.39 is 5.92 Å². The summed E-state index contributed by atoms with van der Waals surface area (Å²) in [5.41, 5.74) is 1.37. The van der Waals surface area contributed by atoms with E-state index >= 15 is 0 Å². The van der Waals surface area contributed by atoms with Gasteiger partial charge in [0.2, 0.25) is 0 Å². The molecule has 0 amide bonds. The third-order valence-electron chi connectivity index (χ3n) is 4.64. The number of aromatic nitrogens is 2. The van der Waals surface area contributed by atoms with Gasteiger partial charge < -0.3 is 11.2 Å². The minimum Gasteiger partial charge on any atom is -0.367 e. The van der Waals surface area contributed by atoms with Crippen LogP contribution in [0, 0.1) is 0 Å². The molecule has 0 radical (unpaired) electrons. The molecule has 2 aromatic rings. The highest BCUT2D eigenvalue weighted by atomic mass is 19.3. The molecule has 144 valence electrons. The summed E-state index contributed by atoms with van der Waals surface area (Å²) in [5, 5.41) is 6.86. The average molecular weight is 374 g/mol. The van der Waals surface area contributed by atoms with E-state index in [1.165, 1.54) is 12.5 Å². The molecule has 0 atom stereocenters. The van der Waals surface area contributed by atoms with Gasteiger partial charge in [-0.1, -0.05) is 30.3 Å². The third kappa shape index (κ3) is 5.68. The second kappa shape index (κ2) is 8.85. The Morgan fingerprint density at radius 1 is 1.26 bits per heavy atom. The van der Waals surface area contributed by atoms with Crippen LogP contribution in [0.3, 0.4) is 0 Å². The third-order valence-corrected chi connectivity index (χ3v) is 4.64. The summed E-state index contributed by atoms with van der Waals surface area (Å²) in [7, 11) is 0. The topological polar surface area (TPSA) is 79.4 Å². The van der Waals surface area contributed by atoms with Crippen LogP contribution in [0.15, 0.2) is 48.0 Å². The predicted molar refractivity (Wildman–Crippen MR) is 102 cm³/mol. The molecule has 2 heterocycles. The Kier molecular flexibility index (Phi) is 6.28. The van der Waals surface area contributed by atoms with Gasteiger partial charge in [0.05, 0.1) is 18.3 Å². The van der Waals surface area contributed by atoms with E-state index in [2.05, 4.69) is 20.4 Å². The van der Waals surface area contributed by atoms with Crippen LogP contribution in [-0.2, 0) is 6.42 Å². The standard InChI is InChI=1S/C19H24F2N6/c20-19(21,10-15-4-2-1-3-5-15)13-27-8-6-17(7-9-27)26-18-16(12-25-22)11-23-14-24-18/h1-5,11-12,14,17H,6-10,13,22H2,(H,23,24,26)/b25-12-. The zero-order valence-corrected chi connectivity index (χ0v) is 15.1. The number of nitrogens with one attached hydrogen (secondary N) is 1. The first-order valence-corrected chi connectivity index (χ1v) is 9.00. The van der Waals surface area contributed by atoms with Crippen molar-refractivity contribution in [1.82, 2.24) is 14.9 Å². The molecule has 1 aliphatic rings. The number of likely N-dealkylation sites (tertiary alicyclic amines) is 1. The van der Waals surface area contributed by atoms with E-state index in [0.717, 1.165) is 12.8 Å². The maximum atomic E-state index is 14.4. The van der Waals surface area contributed by atoms with Crippen molar-refractivity contribution in [3.05, 3.63) is 54.0 Å². The van der Waals surface area contributed by atoms with Crippen LogP contribution in [0.4, 0.5) is 14.6 Å². The number of benzene rings is 1. The summed E-state index contributed by atoms with van der Waals surface area (Å²) in [4.78, 5) is 10.0. The lowest BCUT2D eigenvalue weighted by Gasteiger charge is -2.34. The Bertz CT molecular complexity index is 745. The molecule has 8 heteroatoms. The van der Waals surface area contributed by atoms with Gasteiger partial charge in [-0.15, -0.1) is 0 Å². The van der Waals surface area contributed by atoms with Crippen molar-refractivity contribution in [2.75, 3.05) is 25.0 Å². The lowest BCUT2D eigenvalue weighted by molar-refractivity contribution is -0.0358. The normalized spacial score (nSPS) is 16.7. The van der Waals surface area contributed by atoms with Gasteiger partial charge in [0.15, 0.2) is 0 Å². The highest BCUT2D eigenvalue weighted by Gasteiger charge is 2.33. The van der Waals surface area contributed by atoms with E-state index in [0.29, 0.717) is 30.0 Å². The van der Waals surface area contributed by atoms with Crippen LogP contribution in [0.1, 0.15) is 24.0 Å². The molecule has 1 aromatic heterocycles. The van der Waals surface area contributed by atoms with Crippen molar-refractivity contribution in [2.45, 2.75) is 31.2 Å². The number of alkyl halides is 2. The first-order valence-electron chi connectivity index (χ1n) is 9.00. The summed E-state index contributed by atoms with van der Waals surface area (Å²) in [6.07, 6.45) is 5.88. The van der Waals surface area contributed by atoms with Gasteiger partial charge in [-0.25, -0.2) is 18.7 Å². The number of piperidine rings is 1. The monoisotopic (exact) mass is 374 g/mol. The molecule has 27 heavy (non-hydrogen) atoms. The SMILES string of the molecule is N/N=C\c1cncnc1NC1CCN(CC(F)(F)Cc2ccccc2)CC1. The Balaban J connectivity index is 1.50. The Morgan fingerprint density at radius 2 is 2.00 bits per heavy atom. The summed E-state index contributed by atoms with van der Waals surface area (Å²) in [6, 6.07) is 9.08. The predicted octanol–water partition coefficient (Wildman–Crippen LogP) is 2.52. The van der Waals surface area contributed by atoms with Crippen molar-refractivity contribution in [1.29, 1.82) is 0 Å². The van der Waals surface area contributed by atoms with E-state index in [1.807, 2.05) is 11.0 Å². The Morgan fingerprint density at radius 3 is 2.70 bits per heavy atom. The largest absolute Gasteiger partial charge is 0.367 e. The van der Waals surface area contributed by atoms with Gasteiger partial charge >= 0.3 is 0 Å². The minimum absolute atomic E-state index is 0.170. The molecule has 3 rings (SSSR count). The van der Waals surface area contributed by atoms with Crippen molar-refractivity contribution in [3.63, 3.8) is 0 Å². The van der Waals surface area contributed by atoms with E-state index in [9.17, 15) is 8.78 Å². The molecular formula is C19H24F2N6. The average Bonchev–Trinajstić information content (AvgIpc) is 2.65. The second-order valence-corrected chi connectivity index (χ2v) is 6.82. The van der Waals surface area contributed by atoms with E-state index in [-0.39, 0.29) is 19.0 Å². The molecular weight excluding hydrogens is 350 g/mol. The Hall–Kier alpha value is -2.61. The lowest BCUT2D eigenvalue weighted by Crippen LogP contribution is -2.45. The highest BCUT2D eigenvalue weighted by molar-refractivity contribution is 5.85. The lowest BCUT2D eigenvalue weighted by atomic mass is 10.0. The van der Waals surface area contributed by atoms with Crippen molar-refractivity contribution >= 4 is 12.0 Å². The molecule has 1 aliphatic heterocycles. The summed E-state index contributed by atoms with van der Waals surface area (Å²) < 4.78 is 28.8. The molecule has 1 saturated heterocycles. The van der Waals surface area contributed by atoms with Crippen molar-refractivity contribution in [2.24, 2.45) is 10.9 Å². The summed E-state index contributed by atoms with van der Waals surface area (Å²) in [6.45, 7) is 1.02. The zero-order chi connectivity index (χ0) is 19.1. The number of hydrogen-bond donors (Lipinski definition) is 2. The number of nitrogens with two attached hydrogens (primary N) is 1. The van der Waals surface area contributed by atoms with Gasteiger partial charge in [0, 0.05) is 31.7 Å². The van der Waals surface area contributed by atoms with Crippen LogP contribution in [0.25, 0.3) is 0 Å². The Labute approximate surface area is 157 Å². The maximum absolute atomic E-state index is 14.4. The fraction of sp³-hybridized carbons (Fsp3) is 0.421. The molecule has 0 bridgehead atoms. The quantitative estimate of drug-likeness (QED) is 0.442. The number of anilines is 1. The van der Waals surface area contributed by atoms with Gasteiger partial charge in [-0.05, 0) is 18.4 Å². The fourth-order valence-electron chi connectivity index (χ4n) is 3.34. The number of halogens is 2. The summed E-state index contributed by atoms with van der Waals surface area (Å²) >= 11 is 0. The number of nitrogens with zero attached hydrogens (tertiary/aromatic N) is 4. The van der Waals surface area contributed by atoms with Gasteiger partial charge in [-0.3, -0.25) is 4.90 Å². The molecule has 0 aliphatic carbocycles. The van der Waals surface area contributed by atoms with Crippen LogP contribution in [-0.4, -0.2) is 52.7 Å². The fourth-order valence-corrected chi connectivity index (χ4v) is 3.34. The summed E-state index contributed by atoms with van der Waals surface area (Å²) in [5.74, 6) is 3.13. The smallest absolute Gasteiger partial charge is 0.264 e. The molecule has 0 spiro atoms. The molecule has 1 fully saturated rings. The number of hydrogen-bond acceptors (Lipinski definition) is 6. The second-order valence-electron chi connectivity index (χ2n) is 6.82. The molecule has 0 unspecified atom stereocenters. The van der Waals surface area contributed by atoms with E-state index in [4.69, 9.17) is 5.84 Å². The van der Waals surface area contributed by atoms with Crippen LogP contribution in [0.2, 0.25) is 0 Å². The first kappa shape index (κ1) is 19.2. The van der Waals surface area contributed by atoms with E-state index in [1.54, 1.807) is 30.5 Å². The van der Waals surface area contributed by atoms with Crippen LogP contribution < -0.4 is 11.2 Å². The van der Waals surface area contributed by atoms with Gasteiger partial charge in [-0.2, -0.15) is 5.10 Å². The van der Waals surface area contributed by atoms with Gasteiger partial charge in [0.25, 0.3) is 5.92 Å². The number of rotatable bonds is 7. The molecule has 0 saturated carbocycles. The zero-order valence-electron chi connectivity index (χ0n) is 15.1. The minimum atomic E-state index is -2.74. The van der Waals surface area contributed by atoms with Crippen molar-refractivity contribution < 1.29 is 8.78 Å². The highest BCUT2D eigenvalue weighted by Crippen LogP contribution is 2.24. The molecule has 3 N–H and O–H groups in total. The maximum Gasteiger partial charge on any atom is 0.264 e.